The van der Waals surface area contributed by atoms with Crippen LogP contribution in [0, 0.1) is 11.8 Å². The van der Waals surface area contributed by atoms with Gasteiger partial charge in [0.2, 0.25) is 5.91 Å². The zero-order valence-electron chi connectivity index (χ0n) is 11.6. The van der Waals surface area contributed by atoms with Gasteiger partial charge in [0.05, 0.1) is 17.9 Å². The van der Waals surface area contributed by atoms with Crippen LogP contribution in [0.5, 0.6) is 0 Å². The van der Waals surface area contributed by atoms with Gasteiger partial charge in [-0.3, -0.25) is 14.6 Å². The van der Waals surface area contributed by atoms with E-state index >= 15 is 0 Å². The summed E-state index contributed by atoms with van der Waals surface area (Å²) < 4.78 is 0. The summed E-state index contributed by atoms with van der Waals surface area (Å²) in [4.78, 5) is 27.5. The van der Waals surface area contributed by atoms with E-state index in [1.165, 1.54) is 0 Å². The van der Waals surface area contributed by atoms with Crippen LogP contribution in [0.2, 0.25) is 0 Å². The molecule has 5 nitrogen and oxygen atoms in total. The minimum atomic E-state index is -0.860. The molecule has 0 bridgehead atoms. The molecule has 1 aliphatic carbocycles. The van der Waals surface area contributed by atoms with E-state index in [0.29, 0.717) is 12.8 Å². The van der Waals surface area contributed by atoms with Crippen molar-refractivity contribution in [1.29, 1.82) is 0 Å². The van der Waals surface area contributed by atoms with E-state index in [9.17, 15) is 14.7 Å². The molecule has 2 rings (SSSR count). The molecular weight excluding hydrogens is 256 g/mol. The smallest absolute Gasteiger partial charge is 0.307 e. The highest BCUT2D eigenvalue weighted by molar-refractivity contribution is 5.85. The third-order valence-electron chi connectivity index (χ3n) is 3.98. The Morgan fingerprint density at radius 1 is 1.25 bits per heavy atom. The Hall–Kier alpha value is -1.91. The maximum atomic E-state index is 12.3. The first-order valence-electron chi connectivity index (χ1n) is 7.02. The third kappa shape index (κ3) is 3.35. The van der Waals surface area contributed by atoms with Gasteiger partial charge in [-0.1, -0.05) is 12.8 Å². The van der Waals surface area contributed by atoms with Gasteiger partial charge in [0.25, 0.3) is 0 Å². The van der Waals surface area contributed by atoms with Crippen molar-refractivity contribution in [3.05, 3.63) is 30.1 Å². The second-order valence-corrected chi connectivity index (χ2v) is 5.35. The summed E-state index contributed by atoms with van der Waals surface area (Å²) in [5.41, 5.74) is 0.969. The van der Waals surface area contributed by atoms with Crippen molar-refractivity contribution >= 4 is 11.9 Å². The van der Waals surface area contributed by atoms with Crippen molar-refractivity contribution in [3.63, 3.8) is 0 Å². The van der Waals surface area contributed by atoms with E-state index < -0.39 is 17.8 Å². The van der Waals surface area contributed by atoms with Gasteiger partial charge in [-0.25, -0.2) is 0 Å². The maximum Gasteiger partial charge on any atom is 0.307 e. The van der Waals surface area contributed by atoms with Crippen molar-refractivity contribution < 1.29 is 14.7 Å². The summed E-state index contributed by atoms with van der Waals surface area (Å²) >= 11 is 0. The number of nitrogens with zero attached hydrogens (tertiary/aromatic N) is 1. The van der Waals surface area contributed by atoms with Crippen LogP contribution in [0.1, 0.15) is 44.2 Å². The topological polar surface area (TPSA) is 79.3 Å². The summed E-state index contributed by atoms with van der Waals surface area (Å²) in [5, 5.41) is 12.1. The number of carbonyl (C=O) groups excluding carboxylic acids is 1. The standard InChI is InChI=1S/C15H20N2O3/c1-10(11-6-8-16-9-7-11)17-14(18)12-4-2-3-5-13(12)15(19)20/h6-10,12-13H,2-5H2,1H3,(H,17,18)(H,19,20)/t10-,12+,13+/m0/s1. The van der Waals surface area contributed by atoms with Crippen LogP contribution in [-0.4, -0.2) is 22.0 Å². The van der Waals surface area contributed by atoms with E-state index in [4.69, 9.17) is 0 Å². The lowest BCUT2D eigenvalue weighted by Crippen LogP contribution is -2.40. The van der Waals surface area contributed by atoms with Crippen LogP contribution in [0.3, 0.4) is 0 Å². The molecule has 0 radical (unpaired) electrons. The number of hydrogen-bond acceptors (Lipinski definition) is 3. The lowest BCUT2D eigenvalue weighted by atomic mass is 9.78. The van der Waals surface area contributed by atoms with Gasteiger partial charge in [0, 0.05) is 12.4 Å². The Bertz CT molecular complexity index is 475. The van der Waals surface area contributed by atoms with Crippen LogP contribution < -0.4 is 5.32 Å². The molecular formula is C15H20N2O3. The fraction of sp³-hybridized carbons (Fsp3) is 0.533. The first-order chi connectivity index (χ1) is 9.59. The number of rotatable bonds is 4. The first-order valence-corrected chi connectivity index (χ1v) is 7.02. The summed E-state index contributed by atoms with van der Waals surface area (Å²) in [6.45, 7) is 1.89. The van der Waals surface area contributed by atoms with Gasteiger partial charge in [-0.15, -0.1) is 0 Å². The number of pyridine rings is 1. The van der Waals surface area contributed by atoms with E-state index in [2.05, 4.69) is 10.3 Å². The molecule has 1 fully saturated rings. The molecule has 1 aromatic rings. The summed E-state index contributed by atoms with van der Waals surface area (Å²) in [6, 6.07) is 3.56. The highest BCUT2D eigenvalue weighted by Crippen LogP contribution is 2.31. The molecule has 3 atom stereocenters. The Balaban J connectivity index is 2.01. The number of hydrogen-bond donors (Lipinski definition) is 2. The largest absolute Gasteiger partial charge is 0.481 e. The average Bonchev–Trinajstić information content (AvgIpc) is 2.48. The normalized spacial score (nSPS) is 23.9. The Morgan fingerprint density at radius 3 is 2.45 bits per heavy atom. The fourth-order valence-electron chi connectivity index (χ4n) is 2.80. The zero-order valence-corrected chi connectivity index (χ0v) is 11.6. The molecule has 1 heterocycles. The zero-order chi connectivity index (χ0) is 14.5. The lowest BCUT2D eigenvalue weighted by Gasteiger charge is -2.28. The number of aromatic nitrogens is 1. The van der Waals surface area contributed by atoms with E-state index in [-0.39, 0.29) is 11.9 Å². The Labute approximate surface area is 118 Å². The molecule has 5 heteroatoms. The molecule has 0 saturated heterocycles. The molecule has 0 aliphatic heterocycles. The molecule has 108 valence electrons. The van der Waals surface area contributed by atoms with Crippen LogP contribution in [0.15, 0.2) is 24.5 Å². The molecule has 1 aromatic heterocycles. The summed E-state index contributed by atoms with van der Waals surface area (Å²) in [6.07, 6.45) is 6.42. The SMILES string of the molecule is C[C@H](NC(=O)[C@@H]1CCCC[C@H]1C(=O)O)c1ccncc1. The predicted molar refractivity (Wildman–Crippen MR) is 73.9 cm³/mol. The average molecular weight is 276 g/mol. The molecule has 0 aromatic carbocycles. The number of nitrogens with one attached hydrogen (secondary N) is 1. The second kappa shape index (κ2) is 6.50. The first kappa shape index (κ1) is 14.5. The Morgan fingerprint density at radius 2 is 1.85 bits per heavy atom. The maximum absolute atomic E-state index is 12.3. The van der Waals surface area contributed by atoms with Gasteiger partial charge in [-0.05, 0) is 37.5 Å². The van der Waals surface area contributed by atoms with Crippen molar-refractivity contribution in [2.75, 3.05) is 0 Å². The number of carboxylic acid groups (broad SMARTS) is 1. The third-order valence-corrected chi connectivity index (χ3v) is 3.98. The highest BCUT2D eigenvalue weighted by atomic mass is 16.4. The van der Waals surface area contributed by atoms with Crippen LogP contribution in [-0.2, 0) is 9.59 Å². The molecule has 0 spiro atoms. The van der Waals surface area contributed by atoms with Crippen molar-refractivity contribution in [2.24, 2.45) is 11.8 Å². The van der Waals surface area contributed by atoms with Gasteiger partial charge in [-0.2, -0.15) is 0 Å². The highest BCUT2D eigenvalue weighted by Gasteiger charge is 2.36. The quantitative estimate of drug-likeness (QED) is 0.883. The molecule has 1 saturated carbocycles. The van der Waals surface area contributed by atoms with E-state index in [0.717, 1.165) is 18.4 Å². The van der Waals surface area contributed by atoms with Crippen LogP contribution >= 0.6 is 0 Å². The predicted octanol–water partition coefficient (Wildman–Crippen LogP) is 2.15. The molecule has 20 heavy (non-hydrogen) atoms. The van der Waals surface area contributed by atoms with Gasteiger partial charge in [0.1, 0.15) is 0 Å². The van der Waals surface area contributed by atoms with Crippen LogP contribution in [0.4, 0.5) is 0 Å². The van der Waals surface area contributed by atoms with E-state index in [1.54, 1.807) is 12.4 Å². The number of aliphatic carboxylic acids is 1. The molecule has 1 amide bonds. The lowest BCUT2D eigenvalue weighted by molar-refractivity contribution is -0.149. The van der Waals surface area contributed by atoms with Crippen molar-refractivity contribution in [2.45, 2.75) is 38.6 Å². The number of amides is 1. The van der Waals surface area contributed by atoms with Gasteiger partial charge in [0.15, 0.2) is 0 Å². The molecule has 1 aliphatic rings. The van der Waals surface area contributed by atoms with Gasteiger partial charge < -0.3 is 10.4 Å². The van der Waals surface area contributed by atoms with E-state index in [1.807, 2.05) is 19.1 Å². The summed E-state index contributed by atoms with van der Waals surface area (Å²) in [7, 11) is 0. The fourth-order valence-corrected chi connectivity index (χ4v) is 2.80. The Kier molecular flexibility index (Phi) is 4.71. The molecule has 0 unspecified atom stereocenters. The van der Waals surface area contributed by atoms with Crippen molar-refractivity contribution in [1.82, 2.24) is 10.3 Å². The monoisotopic (exact) mass is 276 g/mol. The van der Waals surface area contributed by atoms with Gasteiger partial charge >= 0.3 is 5.97 Å². The second-order valence-electron chi connectivity index (χ2n) is 5.35. The molecule has 2 N–H and O–H groups in total. The summed E-state index contributed by atoms with van der Waals surface area (Å²) in [5.74, 6) is -1.97. The minimum Gasteiger partial charge on any atom is -0.481 e. The number of carboxylic acids is 1. The van der Waals surface area contributed by atoms with Crippen LogP contribution in [0.25, 0.3) is 0 Å². The minimum absolute atomic E-state index is 0.137. The number of carbonyl (C=O) groups is 2. The van der Waals surface area contributed by atoms with Crippen molar-refractivity contribution in [3.8, 4) is 0 Å².